The van der Waals surface area contributed by atoms with Crippen molar-refractivity contribution in [3.63, 3.8) is 0 Å². The molecular weight excluding hydrogens is 566 g/mol. The lowest BCUT2D eigenvalue weighted by molar-refractivity contribution is -0.151. The molecule has 2 heterocycles. The molecule has 3 aromatic carbocycles. The summed E-state index contributed by atoms with van der Waals surface area (Å²) in [4.78, 5) is 43.0. The summed E-state index contributed by atoms with van der Waals surface area (Å²) < 4.78 is 14.7. The van der Waals surface area contributed by atoms with Crippen molar-refractivity contribution in [3.8, 4) is 0 Å². The van der Waals surface area contributed by atoms with Crippen molar-refractivity contribution >= 4 is 16.9 Å². The number of rotatable bonds is 11. The normalized spacial score (nSPS) is 17.2. The van der Waals surface area contributed by atoms with E-state index < -0.39 is 22.8 Å². The van der Waals surface area contributed by atoms with E-state index >= 15 is 0 Å². The van der Waals surface area contributed by atoms with Crippen LogP contribution >= 0.6 is 0 Å². The molecule has 1 aromatic heterocycles. The fourth-order valence-corrected chi connectivity index (χ4v) is 7.26. The number of ether oxygens (including phenoxy) is 2. The smallest absolute Gasteiger partial charge is 0.332 e. The van der Waals surface area contributed by atoms with Gasteiger partial charge in [0, 0.05) is 19.6 Å². The summed E-state index contributed by atoms with van der Waals surface area (Å²) in [6.07, 6.45) is 6.18. The molecule has 8 heteroatoms. The van der Waals surface area contributed by atoms with Crippen LogP contribution in [0.3, 0.4) is 0 Å². The third-order valence-electron chi connectivity index (χ3n) is 9.65. The number of aromatic nitrogens is 2. The molecule has 0 unspecified atom stereocenters. The van der Waals surface area contributed by atoms with Gasteiger partial charge in [0.15, 0.2) is 0 Å². The number of likely N-dealkylation sites (tertiary alicyclic amines) is 1. The second kappa shape index (κ2) is 14.0. The van der Waals surface area contributed by atoms with Crippen molar-refractivity contribution in [2.45, 2.75) is 75.7 Å². The van der Waals surface area contributed by atoms with Gasteiger partial charge in [-0.05, 0) is 68.3 Å². The van der Waals surface area contributed by atoms with E-state index in [1.54, 1.807) is 16.7 Å². The van der Waals surface area contributed by atoms with E-state index in [-0.39, 0.29) is 12.2 Å². The molecule has 0 spiro atoms. The van der Waals surface area contributed by atoms with Crippen LogP contribution in [-0.4, -0.2) is 52.9 Å². The lowest BCUT2D eigenvalue weighted by Crippen LogP contribution is -2.54. The first kappa shape index (κ1) is 31.0. The number of carbonyl (C=O) groups is 1. The van der Waals surface area contributed by atoms with Crippen molar-refractivity contribution in [2.24, 2.45) is 0 Å². The SMILES string of the molecule is COC(=O)C1(n2c(=O)c3ccccc3n(CCCCN3CCC(OC(c4ccccc4)c4ccccc4)CC3)c2=O)CCCC1. The Morgan fingerprint density at radius 2 is 1.40 bits per heavy atom. The minimum atomic E-state index is -1.23. The average molecular weight is 610 g/mol. The minimum absolute atomic E-state index is 0.0806. The lowest BCUT2D eigenvalue weighted by Gasteiger charge is -2.34. The van der Waals surface area contributed by atoms with Crippen LogP contribution in [0.4, 0.5) is 0 Å². The summed E-state index contributed by atoms with van der Waals surface area (Å²) in [7, 11) is 1.33. The molecule has 2 aliphatic rings. The highest BCUT2D eigenvalue weighted by Crippen LogP contribution is 2.36. The molecule has 8 nitrogen and oxygen atoms in total. The summed E-state index contributed by atoms with van der Waals surface area (Å²) in [6.45, 7) is 3.35. The lowest BCUT2D eigenvalue weighted by atomic mass is 9.97. The monoisotopic (exact) mass is 609 g/mol. The van der Waals surface area contributed by atoms with Crippen LogP contribution in [0.25, 0.3) is 10.9 Å². The molecule has 1 saturated heterocycles. The van der Waals surface area contributed by atoms with Crippen molar-refractivity contribution in [1.29, 1.82) is 0 Å². The molecule has 1 aliphatic heterocycles. The number of carbonyl (C=O) groups excluding carboxylic acids is 1. The summed E-state index contributed by atoms with van der Waals surface area (Å²) in [5.74, 6) is -0.507. The molecule has 4 aromatic rings. The molecule has 0 atom stereocenters. The summed E-state index contributed by atoms with van der Waals surface area (Å²) >= 11 is 0. The maximum Gasteiger partial charge on any atom is 0.332 e. The number of hydrogen-bond acceptors (Lipinski definition) is 6. The zero-order valence-corrected chi connectivity index (χ0v) is 26.1. The van der Waals surface area contributed by atoms with Gasteiger partial charge in [-0.2, -0.15) is 0 Å². The molecule has 0 radical (unpaired) electrons. The maximum atomic E-state index is 13.9. The Bertz CT molecular complexity index is 1660. The topological polar surface area (TPSA) is 82.8 Å². The standard InChI is InChI=1S/C37H43N3O5/c1-44-35(42)37(22-10-11-23-37)40-34(41)31-18-8-9-19-32(31)39(36(40)43)25-13-12-24-38-26-20-30(21-27-38)45-33(28-14-4-2-5-15-28)29-16-6-3-7-17-29/h2-9,14-19,30,33H,10-13,20-27H2,1H3. The molecule has 2 fully saturated rings. The third-order valence-corrected chi connectivity index (χ3v) is 9.65. The highest BCUT2D eigenvalue weighted by atomic mass is 16.5. The first-order valence-electron chi connectivity index (χ1n) is 16.3. The number of hydrogen-bond donors (Lipinski definition) is 0. The van der Waals surface area contributed by atoms with E-state index in [1.165, 1.54) is 22.8 Å². The third kappa shape index (κ3) is 6.40. The Morgan fingerprint density at radius 3 is 2.02 bits per heavy atom. The van der Waals surface area contributed by atoms with Gasteiger partial charge in [-0.15, -0.1) is 0 Å². The van der Waals surface area contributed by atoms with Crippen LogP contribution in [0.15, 0.2) is 94.5 Å². The van der Waals surface area contributed by atoms with E-state index in [0.29, 0.717) is 30.3 Å². The first-order chi connectivity index (χ1) is 22.0. The Kier molecular flexibility index (Phi) is 9.61. The predicted octanol–water partition coefficient (Wildman–Crippen LogP) is 5.66. The van der Waals surface area contributed by atoms with Gasteiger partial charge in [-0.25, -0.2) is 14.2 Å². The number of methoxy groups -OCH3 is 1. The van der Waals surface area contributed by atoms with Gasteiger partial charge < -0.3 is 14.4 Å². The molecule has 236 valence electrons. The average Bonchev–Trinajstić information content (AvgIpc) is 3.58. The number of para-hydroxylation sites is 1. The van der Waals surface area contributed by atoms with Gasteiger partial charge in [0.25, 0.3) is 5.56 Å². The molecule has 1 saturated carbocycles. The summed E-state index contributed by atoms with van der Waals surface area (Å²) in [6, 6.07) is 28.1. The molecule has 0 bridgehead atoms. The summed E-state index contributed by atoms with van der Waals surface area (Å²) in [5.41, 5.74) is 0.894. The van der Waals surface area contributed by atoms with Crippen LogP contribution in [0.2, 0.25) is 0 Å². The van der Waals surface area contributed by atoms with Crippen molar-refractivity contribution in [1.82, 2.24) is 14.0 Å². The number of nitrogens with zero attached hydrogens (tertiary/aromatic N) is 3. The number of esters is 1. The molecule has 0 N–H and O–H groups in total. The minimum Gasteiger partial charge on any atom is -0.467 e. The zero-order valence-electron chi connectivity index (χ0n) is 26.1. The predicted molar refractivity (Wildman–Crippen MR) is 175 cm³/mol. The zero-order chi connectivity index (χ0) is 31.2. The largest absolute Gasteiger partial charge is 0.467 e. The van der Waals surface area contributed by atoms with Crippen molar-refractivity contribution in [2.75, 3.05) is 26.7 Å². The molecular formula is C37H43N3O5. The molecule has 6 rings (SSSR count). The molecule has 1 aliphatic carbocycles. The van der Waals surface area contributed by atoms with Crippen LogP contribution in [0.5, 0.6) is 0 Å². The van der Waals surface area contributed by atoms with Gasteiger partial charge in [-0.1, -0.05) is 85.6 Å². The summed E-state index contributed by atoms with van der Waals surface area (Å²) in [5, 5.41) is 0.457. The first-order valence-corrected chi connectivity index (χ1v) is 16.3. The number of fused-ring (bicyclic) bond motifs is 1. The Hall–Kier alpha value is -4.01. The number of piperidine rings is 1. The Labute approximate surface area is 264 Å². The second-order valence-corrected chi connectivity index (χ2v) is 12.4. The second-order valence-electron chi connectivity index (χ2n) is 12.4. The Balaban J connectivity index is 1.09. The highest BCUT2D eigenvalue weighted by molar-refractivity contribution is 5.81. The van der Waals surface area contributed by atoms with E-state index in [0.717, 1.165) is 58.2 Å². The van der Waals surface area contributed by atoms with E-state index in [2.05, 4.69) is 53.4 Å². The van der Waals surface area contributed by atoms with E-state index in [4.69, 9.17) is 9.47 Å². The Morgan fingerprint density at radius 1 is 0.822 bits per heavy atom. The van der Waals surface area contributed by atoms with Crippen LogP contribution < -0.4 is 11.2 Å². The quantitative estimate of drug-likeness (QED) is 0.161. The highest BCUT2D eigenvalue weighted by Gasteiger charge is 2.46. The fraction of sp³-hybridized carbons (Fsp3) is 0.432. The van der Waals surface area contributed by atoms with E-state index in [9.17, 15) is 14.4 Å². The van der Waals surface area contributed by atoms with Crippen LogP contribution in [0, 0.1) is 0 Å². The van der Waals surface area contributed by atoms with Crippen molar-refractivity contribution in [3.05, 3.63) is 117 Å². The fourth-order valence-electron chi connectivity index (χ4n) is 7.26. The van der Waals surface area contributed by atoms with Crippen molar-refractivity contribution < 1.29 is 14.3 Å². The number of benzene rings is 3. The number of unbranched alkanes of at least 4 members (excludes halogenated alkanes) is 1. The van der Waals surface area contributed by atoms with Crippen LogP contribution in [0.1, 0.15) is 68.6 Å². The maximum absolute atomic E-state index is 13.9. The van der Waals surface area contributed by atoms with Crippen LogP contribution in [-0.2, 0) is 26.4 Å². The molecule has 45 heavy (non-hydrogen) atoms. The van der Waals surface area contributed by atoms with Gasteiger partial charge in [0.2, 0.25) is 0 Å². The van der Waals surface area contributed by atoms with Gasteiger partial charge in [0.1, 0.15) is 11.6 Å². The van der Waals surface area contributed by atoms with E-state index in [1.807, 2.05) is 24.3 Å². The van der Waals surface area contributed by atoms with Gasteiger partial charge in [-0.3, -0.25) is 9.36 Å². The number of aryl methyl sites for hydroxylation is 1. The van der Waals surface area contributed by atoms with Gasteiger partial charge in [0.05, 0.1) is 24.1 Å². The molecule has 0 amide bonds. The van der Waals surface area contributed by atoms with Gasteiger partial charge >= 0.3 is 11.7 Å².